The lowest BCUT2D eigenvalue weighted by molar-refractivity contribution is 0.571. The molecule has 1 aromatic carbocycles. The van der Waals surface area contributed by atoms with Crippen LogP contribution in [0, 0.1) is 11.3 Å². The standard InChI is InChI=1S/C11H15N3O2S/c1-9(13)6-7-14-17(15,16)11-5-3-2-4-10(11)8-12/h2-5,9,14H,6-7,13H2,1H3. The maximum absolute atomic E-state index is 11.9. The third-order valence-corrected chi connectivity index (χ3v) is 3.71. The minimum absolute atomic E-state index is 0.00664. The van der Waals surface area contributed by atoms with Gasteiger partial charge in [0.05, 0.1) is 10.5 Å². The number of hydrogen-bond donors (Lipinski definition) is 2. The predicted octanol–water partition coefficient (Wildman–Crippen LogP) is 0.574. The zero-order chi connectivity index (χ0) is 12.9. The summed E-state index contributed by atoms with van der Waals surface area (Å²) < 4.78 is 26.2. The molecular weight excluding hydrogens is 238 g/mol. The van der Waals surface area contributed by atoms with Crippen molar-refractivity contribution < 1.29 is 8.42 Å². The highest BCUT2D eigenvalue weighted by Gasteiger charge is 2.17. The molecule has 0 heterocycles. The number of rotatable bonds is 5. The van der Waals surface area contributed by atoms with Gasteiger partial charge in [0.15, 0.2) is 0 Å². The molecule has 5 nitrogen and oxygen atoms in total. The SMILES string of the molecule is CC(N)CCNS(=O)(=O)c1ccccc1C#N. The van der Waals surface area contributed by atoms with Crippen LogP contribution >= 0.6 is 0 Å². The van der Waals surface area contributed by atoms with E-state index in [-0.39, 0.29) is 23.0 Å². The minimum Gasteiger partial charge on any atom is -0.328 e. The number of nitriles is 1. The quantitative estimate of drug-likeness (QED) is 0.802. The maximum Gasteiger partial charge on any atom is 0.241 e. The average molecular weight is 253 g/mol. The lowest BCUT2D eigenvalue weighted by Gasteiger charge is -2.09. The summed E-state index contributed by atoms with van der Waals surface area (Å²) in [5, 5.41) is 8.83. The van der Waals surface area contributed by atoms with Gasteiger partial charge < -0.3 is 5.73 Å². The second-order valence-electron chi connectivity index (χ2n) is 3.77. The molecule has 1 rings (SSSR count). The van der Waals surface area contributed by atoms with E-state index in [2.05, 4.69) is 4.72 Å². The predicted molar refractivity (Wildman–Crippen MR) is 64.6 cm³/mol. The van der Waals surface area contributed by atoms with Crippen molar-refractivity contribution in [3.8, 4) is 6.07 Å². The van der Waals surface area contributed by atoms with E-state index in [1.165, 1.54) is 12.1 Å². The van der Waals surface area contributed by atoms with Gasteiger partial charge in [0, 0.05) is 12.6 Å². The molecule has 0 amide bonds. The molecule has 0 spiro atoms. The molecule has 0 aliphatic heterocycles. The first kappa shape index (κ1) is 13.6. The lowest BCUT2D eigenvalue weighted by Crippen LogP contribution is -2.29. The van der Waals surface area contributed by atoms with Crippen molar-refractivity contribution in [3.63, 3.8) is 0 Å². The highest BCUT2D eigenvalue weighted by atomic mass is 32.2. The van der Waals surface area contributed by atoms with E-state index in [4.69, 9.17) is 11.0 Å². The molecule has 0 fully saturated rings. The van der Waals surface area contributed by atoms with Gasteiger partial charge in [-0.2, -0.15) is 5.26 Å². The average Bonchev–Trinajstić information content (AvgIpc) is 2.28. The summed E-state index contributed by atoms with van der Waals surface area (Å²) in [5.41, 5.74) is 5.67. The molecule has 17 heavy (non-hydrogen) atoms. The fourth-order valence-corrected chi connectivity index (χ4v) is 2.50. The third-order valence-electron chi connectivity index (χ3n) is 2.19. The molecule has 0 saturated heterocycles. The molecule has 0 aromatic heterocycles. The number of benzene rings is 1. The van der Waals surface area contributed by atoms with E-state index in [0.717, 1.165) is 0 Å². The summed E-state index contributed by atoms with van der Waals surface area (Å²) in [6.07, 6.45) is 0.550. The third kappa shape index (κ3) is 3.82. The largest absolute Gasteiger partial charge is 0.328 e. The molecule has 1 atom stereocenters. The van der Waals surface area contributed by atoms with Crippen LogP contribution in [0.5, 0.6) is 0 Å². The van der Waals surface area contributed by atoms with Gasteiger partial charge in [-0.25, -0.2) is 13.1 Å². The maximum atomic E-state index is 11.9. The fourth-order valence-electron chi connectivity index (χ4n) is 1.29. The Morgan fingerprint density at radius 3 is 2.71 bits per heavy atom. The van der Waals surface area contributed by atoms with E-state index < -0.39 is 10.0 Å². The van der Waals surface area contributed by atoms with Crippen LogP contribution in [0.2, 0.25) is 0 Å². The van der Waals surface area contributed by atoms with Crippen LogP contribution in [0.4, 0.5) is 0 Å². The van der Waals surface area contributed by atoms with Gasteiger partial charge in [-0.1, -0.05) is 12.1 Å². The zero-order valence-corrected chi connectivity index (χ0v) is 10.4. The fraction of sp³-hybridized carbons (Fsp3) is 0.364. The van der Waals surface area contributed by atoms with Crippen LogP contribution in [-0.4, -0.2) is 21.0 Å². The molecule has 0 bridgehead atoms. The summed E-state index contributed by atoms with van der Waals surface area (Å²) in [5.74, 6) is 0. The molecule has 92 valence electrons. The topological polar surface area (TPSA) is 96.0 Å². The molecule has 1 unspecified atom stereocenters. The van der Waals surface area contributed by atoms with Crippen LogP contribution < -0.4 is 10.5 Å². The first-order chi connectivity index (χ1) is 7.97. The van der Waals surface area contributed by atoms with E-state index in [1.54, 1.807) is 19.1 Å². The van der Waals surface area contributed by atoms with Crippen molar-refractivity contribution in [1.29, 1.82) is 5.26 Å². The van der Waals surface area contributed by atoms with Crippen LogP contribution in [0.1, 0.15) is 18.9 Å². The second kappa shape index (κ2) is 5.77. The van der Waals surface area contributed by atoms with Crippen molar-refractivity contribution in [2.75, 3.05) is 6.54 Å². The van der Waals surface area contributed by atoms with Crippen molar-refractivity contribution in [1.82, 2.24) is 4.72 Å². The first-order valence-electron chi connectivity index (χ1n) is 5.22. The highest BCUT2D eigenvalue weighted by molar-refractivity contribution is 7.89. The van der Waals surface area contributed by atoms with Gasteiger partial charge in [0.1, 0.15) is 6.07 Å². The zero-order valence-electron chi connectivity index (χ0n) is 9.55. The summed E-state index contributed by atoms with van der Waals surface area (Å²) in [6, 6.07) is 7.88. The van der Waals surface area contributed by atoms with Gasteiger partial charge in [-0.05, 0) is 25.5 Å². The number of sulfonamides is 1. The van der Waals surface area contributed by atoms with Crippen LogP contribution in [0.3, 0.4) is 0 Å². The molecular formula is C11H15N3O2S. The second-order valence-corrected chi connectivity index (χ2v) is 5.51. The van der Waals surface area contributed by atoms with E-state index >= 15 is 0 Å². The Hall–Kier alpha value is -1.42. The van der Waals surface area contributed by atoms with Crippen molar-refractivity contribution in [3.05, 3.63) is 29.8 Å². The smallest absolute Gasteiger partial charge is 0.241 e. The lowest BCUT2D eigenvalue weighted by atomic mass is 10.2. The van der Waals surface area contributed by atoms with E-state index in [1.807, 2.05) is 6.07 Å². The van der Waals surface area contributed by atoms with Crippen molar-refractivity contribution >= 4 is 10.0 Å². The Morgan fingerprint density at radius 2 is 2.12 bits per heavy atom. The summed E-state index contributed by atoms with van der Waals surface area (Å²) in [4.78, 5) is 0.00664. The molecule has 6 heteroatoms. The Kier molecular flexibility index (Phi) is 4.63. The van der Waals surface area contributed by atoms with Crippen LogP contribution in [0.25, 0.3) is 0 Å². The molecule has 0 aliphatic carbocycles. The number of nitrogens with one attached hydrogen (secondary N) is 1. The van der Waals surface area contributed by atoms with Gasteiger partial charge in [0.25, 0.3) is 0 Å². The van der Waals surface area contributed by atoms with Crippen molar-refractivity contribution in [2.24, 2.45) is 5.73 Å². The van der Waals surface area contributed by atoms with E-state index in [9.17, 15) is 8.42 Å². The summed E-state index contributed by atoms with van der Waals surface area (Å²) in [7, 11) is -3.63. The summed E-state index contributed by atoms with van der Waals surface area (Å²) in [6.45, 7) is 2.07. The minimum atomic E-state index is -3.63. The number of nitrogens with two attached hydrogens (primary N) is 1. The Morgan fingerprint density at radius 1 is 1.47 bits per heavy atom. The van der Waals surface area contributed by atoms with E-state index in [0.29, 0.717) is 6.42 Å². The number of nitrogens with zero attached hydrogens (tertiary/aromatic N) is 1. The molecule has 0 radical (unpaired) electrons. The first-order valence-corrected chi connectivity index (χ1v) is 6.70. The van der Waals surface area contributed by atoms with Crippen LogP contribution in [-0.2, 0) is 10.0 Å². The number of hydrogen-bond acceptors (Lipinski definition) is 4. The van der Waals surface area contributed by atoms with Gasteiger partial charge in [-0.3, -0.25) is 0 Å². The normalized spacial score (nSPS) is 13.0. The van der Waals surface area contributed by atoms with Crippen molar-refractivity contribution in [2.45, 2.75) is 24.3 Å². The van der Waals surface area contributed by atoms with Crippen LogP contribution in [0.15, 0.2) is 29.2 Å². The highest BCUT2D eigenvalue weighted by Crippen LogP contribution is 2.13. The molecule has 0 aliphatic rings. The molecule has 3 N–H and O–H groups in total. The Labute approximate surface area is 101 Å². The summed E-state index contributed by atoms with van der Waals surface area (Å²) >= 11 is 0. The Balaban J connectivity index is 2.87. The Bertz CT molecular complexity index is 518. The molecule has 0 saturated carbocycles. The van der Waals surface area contributed by atoms with Gasteiger partial charge in [0.2, 0.25) is 10.0 Å². The monoisotopic (exact) mass is 253 g/mol. The molecule has 1 aromatic rings. The van der Waals surface area contributed by atoms with Gasteiger partial charge in [-0.15, -0.1) is 0 Å². The van der Waals surface area contributed by atoms with Gasteiger partial charge >= 0.3 is 0 Å².